The van der Waals surface area contributed by atoms with Crippen LogP contribution in [0.4, 0.5) is 0 Å². The van der Waals surface area contributed by atoms with Gasteiger partial charge in [0.25, 0.3) is 5.91 Å². The molecule has 0 aromatic carbocycles. The lowest BCUT2D eigenvalue weighted by atomic mass is 10.1. The summed E-state index contributed by atoms with van der Waals surface area (Å²) in [5.41, 5.74) is 0.710. The number of amides is 2. The average Bonchev–Trinajstić information content (AvgIpc) is 3.40. The minimum Gasteiger partial charge on any atom is -0.345 e. The maximum absolute atomic E-state index is 12.5. The minimum absolute atomic E-state index is 0.0563. The molecule has 0 saturated heterocycles. The van der Waals surface area contributed by atoms with Crippen molar-refractivity contribution in [2.45, 2.75) is 32.1 Å². The monoisotopic (exact) mass is 320 g/mol. The molecule has 2 amide bonds. The van der Waals surface area contributed by atoms with Crippen molar-refractivity contribution < 1.29 is 9.59 Å². The first-order valence-corrected chi connectivity index (χ1v) is 8.98. The first kappa shape index (κ1) is 15.5. The maximum atomic E-state index is 12.5. The highest BCUT2D eigenvalue weighted by molar-refractivity contribution is 7.10. The Morgan fingerprint density at radius 1 is 1.09 bits per heavy atom. The predicted octanol–water partition coefficient (Wildman–Crippen LogP) is 2.64. The standard InChI is InChI=1S/C17H24N2O2S/c1-18(10-12-3-4-12)16(20)9-15-14(7-8-22-15)17(21)19(2)11-13-5-6-13/h7-8,12-13H,3-6,9-11H2,1-2H3. The van der Waals surface area contributed by atoms with Crippen molar-refractivity contribution in [1.82, 2.24) is 9.80 Å². The van der Waals surface area contributed by atoms with Gasteiger partial charge in [-0.3, -0.25) is 9.59 Å². The van der Waals surface area contributed by atoms with Crippen LogP contribution >= 0.6 is 11.3 Å². The molecular formula is C17H24N2O2S. The van der Waals surface area contributed by atoms with Crippen molar-refractivity contribution in [2.75, 3.05) is 27.2 Å². The summed E-state index contributed by atoms with van der Waals surface area (Å²) in [5, 5.41) is 1.92. The molecule has 1 aromatic heterocycles. The molecule has 1 aromatic rings. The number of rotatable bonds is 7. The predicted molar refractivity (Wildman–Crippen MR) is 88.1 cm³/mol. The van der Waals surface area contributed by atoms with Gasteiger partial charge < -0.3 is 9.80 Å². The summed E-state index contributed by atoms with van der Waals surface area (Å²) >= 11 is 1.52. The van der Waals surface area contributed by atoms with Gasteiger partial charge in [-0.2, -0.15) is 0 Å². The number of hydrogen-bond acceptors (Lipinski definition) is 3. The highest BCUT2D eigenvalue weighted by atomic mass is 32.1. The lowest BCUT2D eigenvalue weighted by Crippen LogP contribution is -2.32. The van der Waals surface area contributed by atoms with E-state index in [4.69, 9.17) is 0 Å². The molecule has 0 bridgehead atoms. The van der Waals surface area contributed by atoms with Gasteiger partial charge in [0.05, 0.1) is 12.0 Å². The number of hydrogen-bond donors (Lipinski definition) is 0. The van der Waals surface area contributed by atoms with E-state index < -0.39 is 0 Å². The molecule has 5 heteroatoms. The molecule has 0 N–H and O–H groups in total. The second-order valence-electron chi connectivity index (χ2n) is 6.78. The number of nitrogens with zero attached hydrogens (tertiary/aromatic N) is 2. The Bertz CT molecular complexity index is 561. The van der Waals surface area contributed by atoms with E-state index in [-0.39, 0.29) is 11.8 Å². The fourth-order valence-corrected chi connectivity index (χ4v) is 3.56. The van der Waals surface area contributed by atoms with Crippen LogP contribution in [0.1, 0.15) is 40.9 Å². The van der Waals surface area contributed by atoms with Crippen molar-refractivity contribution in [1.29, 1.82) is 0 Å². The van der Waals surface area contributed by atoms with E-state index in [1.165, 1.54) is 37.0 Å². The molecule has 2 fully saturated rings. The van der Waals surface area contributed by atoms with Gasteiger partial charge in [-0.05, 0) is 49.0 Å². The zero-order valence-corrected chi connectivity index (χ0v) is 14.2. The smallest absolute Gasteiger partial charge is 0.254 e. The summed E-state index contributed by atoms with van der Waals surface area (Å²) in [6.45, 7) is 1.69. The third-order valence-electron chi connectivity index (χ3n) is 4.52. The van der Waals surface area contributed by atoms with Gasteiger partial charge in [0.15, 0.2) is 0 Å². The summed E-state index contributed by atoms with van der Waals surface area (Å²) in [7, 11) is 3.73. The van der Waals surface area contributed by atoms with Crippen LogP contribution in [0, 0.1) is 11.8 Å². The van der Waals surface area contributed by atoms with Crippen molar-refractivity contribution in [3.05, 3.63) is 21.9 Å². The third-order valence-corrected chi connectivity index (χ3v) is 5.44. The Balaban J connectivity index is 1.60. The molecule has 0 aliphatic heterocycles. The topological polar surface area (TPSA) is 40.6 Å². The summed E-state index contributed by atoms with van der Waals surface area (Å²) in [6, 6.07) is 1.86. The van der Waals surface area contributed by atoms with E-state index in [1.807, 2.05) is 35.3 Å². The minimum atomic E-state index is 0.0563. The molecule has 1 heterocycles. The van der Waals surface area contributed by atoms with Gasteiger partial charge in [0, 0.05) is 32.1 Å². The molecular weight excluding hydrogens is 296 g/mol. The first-order valence-electron chi connectivity index (χ1n) is 8.10. The van der Waals surface area contributed by atoms with Crippen LogP contribution in [0.3, 0.4) is 0 Å². The molecule has 2 saturated carbocycles. The van der Waals surface area contributed by atoms with Crippen LogP contribution in [0.25, 0.3) is 0 Å². The Morgan fingerprint density at radius 3 is 2.27 bits per heavy atom. The van der Waals surface area contributed by atoms with E-state index in [1.54, 1.807) is 0 Å². The fourth-order valence-electron chi connectivity index (χ4n) is 2.71. The third kappa shape index (κ3) is 3.88. The molecule has 120 valence electrons. The van der Waals surface area contributed by atoms with Gasteiger partial charge in [-0.1, -0.05) is 0 Å². The van der Waals surface area contributed by atoms with E-state index in [0.717, 1.165) is 18.0 Å². The second kappa shape index (κ2) is 6.41. The number of carbonyl (C=O) groups is 2. The van der Waals surface area contributed by atoms with Crippen molar-refractivity contribution in [3.63, 3.8) is 0 Å². The Labute approximate surface area is 136 Å². The number of carbonyl (C=O) groups excluding carboxylic acids is 2. The van der Waals surface area contributed by atoms with Crippen LogP contribution in [0.5, 0.6) is 0 Å². The number of thiophene rings is 1. The Hall–Kier alpha value is -1.36. The van der Waals surface area contributed by atoms with Crippen LogP contribution in [0.15, 0.2) is 11.4 Å². The Morgan fingerprint density at radius 2 is 1.68 bits per heavy atom. The highest BCUT2D eigenvalue weighted by Gasteiger charge is 2.28. The Kier molecular flexibility index (Phi) is 4.52. The van der Waals surface area contributed by atoms with Gasteiger partial charge in [0.2, 0.25) is 5.91 Å². The van der Waals surface area contributed by atoms with E-state index in [0.29, 0.717) is 23.8 Å². The lowest BCUT2D eigenvalue weighted by Gasteiger charge is -2.19. The van der Waals surface area contributed by atoms with Gasteiger partial charge in [-0.15, -0.1) is 11.3 Å². The molecule has 2 aliphatic rings. The van der Waals surface area contributed by atoms with Crippen LogP contribution in [0.2, 0.25) is 0 Å². The molecule has 0 atom stereocenters. The van der Waals surface area contributed by atoms with Gasteiger partial charge >= 0.3 is 0 Å². The molecule has 0 spiro atoms. The molecule has 22 heavy (non-hydrogen) atoms. The summed E-state index contributed by atoms with van der Waals surface area (Å²) < 4.78 is 0. The highest BCUT2D eigenvalue weighted by Crippen LogP contribution is 2.31. The lowest BCUT2D eigenvalue weighted by molar-refractivity contribution is -0.129. The normalized spacial score (nSPS) is 17.4. The quantitative estimate of drug-likeness (QED) is 0.775. The number of likely N-dealkylation sites (N-methyl/N-ethyl adjacent to an activating group) is 1. The van der Waals surface area contributed by atoms with Crippen LogP contribution in [-0.2, 0) is 11.2 Å². The summed E-state index contributed by atoms with van der Waals surface area (Å²) in [5.74, 6) is 1.56. The van der Waals surface area contributed by atoms with Crippen molar-refractivity contribution >= 4 is 23.2 Å². The average molecular weight is 320 g/mol. The fraction of sp³-hybridized carbons (Fsp3) is 0.647. The SMILES string of the molecule is CN(CC1CC1)C(=O)Cc1sccc1C(=O)N(C)CC1CC1. The second-order valence-corrected chi connectivity index (χ2v) is 7.78. The van der Waals surface area contributed by atoms with Gasteiger partial charge in [-0.25, -0.2) is 0 Å². The van der Waals surface area contributed by atoms with Crippen molar-refractivity contribution in [2.24, 2.45) is 11.8 Å². The van der Waals surface area contributed by atoms with E-state index in [9.17, 15) is 9.59 Å². The van der Waals surface area contributed by atoms with E-state index in [2.05, 4.69) is 0 Å². The molecule has 4 nitrogen and oxygen atoms in total. The molecule has 3 rings (SSSR count). The first-order chi connectivity index (χ1) is 10.5. The van der Waals surface area contributed by atoms with Crippen molar-refractivity contribution in [3.8, 4) is 0 Å². The van der Waals surface area contributed by atoms with Crippen LogP contribution < -0.4 is 0 Å². The summed E-state index contributed by atoms with van der Waals surface area (Å²) in [6.07, 6.45) is 5.30. The molecule has 0 unspecified atom stereocenters. The largest absolute Gasteiger partial charge is 0.345 e. The maximum Gasteiger partial charge on any atom is 0.254 e. The van der Waals surface area contributed by atoms with E-state index >= 15 is 0 Å². The van der Waals surface area contributed by atoms with Gasteiger partial charge in [0.1, 0.15) is 0 Å². The zero-order chi connectivity index (χ0) is 15.7. The molecule has 2 aliphatic carbocycles. The molecule has 0 radical (unpaired) electrons. The summed E-state index contributed by atoms with van der Waals surface area (Å²) in [4.78, 5) is 29.4. The van der Waals surface area contributed by atoms with Crippen LogP contribution in [-0.4, -0.2) is 48.8 Å². The zero-order valence-electron chi connectivity index (χ0n) is 13.4.